The molecule has 0 aliphatic rings. The predicted molar refractivity (Wildman–Crippen MR) is 58.7 cm³/mol. The average Bonchev–Trinajstić information content (AvgIpc) is 2.51. The minimum absolute atomic E-state index is 0.280. The Morgan fingerprint density at radius 1 is 1.38 bits per heavy atom. The van der Waals surface area contributed by atoms with Gasteiger partial charge in [-0.05, 0) is 24.4 Å². The van der Waals surface area contributed by atoms with Gasteiger partial charge >= 0.3 is 0 Å². The average molecular weight is 191 g/mol. The standard InChI is InChI=1S/C9H9N3S/c10-9(13)12-7-3-1-2-6-4-5-11-8(6)7/h1-5,11H,(H3,10,12,13). The molecule has 0 amide bonds. The Labute approximate surface area is 80.9 Å². The van der Waals surface area contributed by atoms with Crippen molar-refractivity contribution in [2.24, 2.45) is 5.73 Å². The third kappa shape index (κ3) is 1.48. The summed E-state index contributed by atoms with van der Waals surface area (Å²) < 4.78 is 0. The zero-order chi connectivity index (χ0) is 9.26. The van der Waals surface area contributed by atoms with Gasteiger partial charge in [0.1, 0.15) is 0 Å². The molecule has 0 unspecified atom stereocenters. The highest BCUT2D eigenvalue weighted by Crippen LogP contribution is 2.20. The molecular formula is C9H9N3S. The molecule has 0 fully saturated rings. The van der Waals surface area contributed by atoms with E-state index in [0.29, 0.717) is 0 Å². The third-order valence-electron chi connectivity index (χ3n) is 1.85. The fourth-order valence-electron chi connectivity index (χ4n) is 1.32. The van der Waals surface area contributed by atoms with Crippen LogP contribution in [-0.4, -0.2) is 10.1 Å². The Balaban J connectivity index is 2.54. The summed E-state index contributed by atoms with van der Waals surface area (Å²) in [6, 6.07) is 7.91. The Morgan fingerprint density at radius 2 is 2.23 bits per heavy atom. The second-order valence-electron chi connectivity index (χ2n) is 2.74. The third-order valence-corrected chi connectivity index (χ3v) is 1.95. The molecule has 0 aliphatic heterocycles. The number of nitrogens with two attached hydrogens (primary N) is 1. The van der Waals surface area contributed by atoms with Gasteiger partial charge in [-0.1, -0.05) is 12.1 Å². The summed E-state index contributed by atoms with van der Waals surface area (Å²) in [4.78, 5) is 3.12. The van der Waals surface area contributed by atoms with Crippen molar-refractivity contribution in [3.63, 3.8) is 0 Å². The van der Waals surface area contributed by atoms with Gasteiger partial charge in [0.2, 0.25) is 0 Å². The van der Waals surface area contributed by atoms with E-state index in [2.05, 4.69) is 10.3 Å². The van der Waals surface area contributed by atoms with E-state index >= 15 is 0 Å². The lowest BCUT2D eigenvalue weighted by atomic mass is 10.2. The molecule has 2 aromatic rings. The summed E-state index contributed by atoms with van der Waals surface area (Å²) >= 11 is 4.77. The molecule has 2 rings (SSSR count). The number of thiocarbonyl (C=S) groups is 1. The smallest absolute Gasteiger partial charge is 0.168 e. The topological polar surface area (TPSA) is 53.8 Å². The van der Waals surface area contributed by atoms with E-state index < -0.39 is 0 Å². The van der Waals surface area contributed by atoms with Crippen LogP contribution in [0.25, 0.3) is 10.9 Å². The van der Waals surface area contributed by atoms with Crippen LogP contribution in [0.15, 0.2) is 30.5 Å². The highest BCUT2D eigenvalue weighted by molar-refractivity contribution is 7.80. The fourth-order valence-corrected chi connectivity index (χ4v) is 1.43. The van der Waals surface area contributed by atoms with E-state index in [4.69, 9.17) is 18.0 Å². The van der Waals surface area contributed by atoms with Gasteiger partial charge in [-0.3, -0.25) is 0 Å². The summed E-state index contributed by atoms with van der Waals surface area (Å²) in [5.41, 5.74) is 7.33. The first-order chi connectivity index (χ1) is 6.27. The minimum atomic E-state index is 0.280. The number of H-pyrrole nitrogens is 1. The van der Waals surface area contributed by atoms with Gasteiger partial charge in [-0.15, -0.1) is 0 Å². The highest BCUT2D eigenvalue weighted by atomic mass is 32.1. The van der Waals surface area contributed by atoms with Gasteiger partial charge < -0.3 is 16.0 Å². The van der Waals surface area contributed by atoms with E-state index in [-0.39, 0.29) is 5.11 Å². The first-order valence-electron chi connectivity index (χ1n) is 3.90. The summed E-state index contributed by atoms with van der Waals surface area (Å²) in [7, 11) is 0. The van der Waals surface area contributed by atoms with Crippen molar-refractivity contribution in [1.82, 2.24) is 4.98 Å². The van der Waals surface area contributed by atoms with E-state index in [9.17, 15) is 0 Å². The molecule has 4 heteroatoms. The molecule has 66 valence electrons. The molecule has 3 nitrogen and oxygen atoms in total. The van der Waals surface area contributed by atoms with Crippen LogP contribution >= 0.6 is 12.2 Å². The molecule has 1 aromatic carbocycles. The summed E-state index contributed by atoms with van der Waals surface area (Å²) in [5, 5.41) is 4.33. The number of benzene rings is 1. The Kier molecular flexibility index (Phi) is 1.90. The molecular weight excluding hydrogens is 182 g/mol. The number of anilines is 1. The van der Waals surface area contributed by atoms with Crippen molar-refractivity contribution in [1.29, 1.82) is 0 Å². The van der Waals surface area contributed by atoms with Crippen LogP contribution in [0.2, 0.25) is 0 Å². The SMILES string of the molecule is NC(=S)Nc1cccc2cc[nH]c12. The van der Waals surface area contributed by atoms with Crippen LogP contribution in [-0.2, 0) is 0 Å². The Morgan fingerprint density at radius 3 is 3.00 bits per heavy atom. The molecule has 0 bridgehead atoms. The summed E-state index contributed by atoms with van der Waals surface area (Å²) in [6.07, 6.45) is 1.88. The molecule has 4 N–H and O–H groups in total. The highest BCUT2D eigenvalue weighted by Gasteiger charge is 2.00. The minimum Gasteiger partial charge on any atom is -0.376 e. The predicted octanol–water partition coefficient (Wildman–Crippen LogP) is 1.82. The van der Waals surface area contributed by atoms with E-state index in [1.54, 1.807) is 0 Å². The van der Waals surface area contributed by atoms with E-state index in [0.717, 1.165) is 16.6 Å². The van der Waals surface area contributed by atoms with Crippen molar-refractivity contribution in [3.05, 3.63) is 30.5 Å². The lowest BCUT2D eigenvalue weighted by Gasteiger charge is -2.04. The van der Waals surface area contributed by atoms with E-state index in [1.165, 1.54) is 0 Å². The number of aromatic nitrogens is 1. The van der Waals surface area contributed by atoms with Crippen LogP contribution in [0.3, 0.4) is 0 Å². The normalized spacial score (nSPS) is 10.2. The number of aromatic amines is 1. The zero-order valence-corrected chi connectivity index (χ0v) is 7.69. The number of hydrogen-bond acceptors (Lipinski definition) is 1. The van der Waals surface area contributed by atoms with Crippen molar-refractivity contribution in [2.45, 2.75) is 0 Å². The number of fused-ring (bicyclic) bond motifs is 1. The summed E-state index contributed by atoms with van der Waals surface area (Å²) in [6.45, 7) is 0. The molecule has 1 aromatic heterocycles. The number of hydrogen-bond donors (Lipinski definition) is 3. The van der Waals surface area contributed by atoms with Crippen molar-refractivity contribution >= 4 is 33.9 Å². The van der Waals surface area contributed by atoms with Gasteiger partial charge in [-0.2, -0.15) is 0 Å². The molecule has 1 heterocycles. The number of nitrogens with one attached hydrogen (secondary N) is 2. The maximum absolute atomic E-state index is 5.39. The summed E-state index contributed by atoms with van der Waals surface area (Å²) in [5.74, 6) is 0. The second kappa shape index (κ2) is 3.06. The van der Waals surface area contributed by atoms with Crippen LogP contribution in [0.1, 0.15) is 0 Å². The second-order valence-corrected chi connectivity index (χ2v) is 3.18. The number of rotatable bonds is 1. The van der Waals surface area contributed by atoms with Gasteiger partial charge in [0.25, 0.3) is 0 Å². The first-order valence-corrected chi connectivity index (χ1v) is 4.31. The number of para-hydroxylation sites is 1. The van der Waals surface area contributed by atoms with Crippen molar-refractivity contribution in [3.8, 4) is 0 Å². The van der Waals surface area contributed by atoms with Gasteiger partial charge in [-0.25, -0.2) is 0 Å². The Hall–Kier alpha value is -1.55. The van der Waals surface area contributed by atoms with Crippen molar-refractivity contribution in [2.75, 3.05) is 5.32 Å². The van der Waals surface area contributed by atoms with Gasteiger partial charge in [0.15, 0.2) is 5.11 Å². The van der Waals surface area contributed by atoms with Crippen LogP contribution in [0, 0.1) is 0 Å². The first kappa shape index (κ1) is 8.07. The van der Waals surface area contributed by atoms with E-state index in [1.807, 2.05) is 30.5 Å². The van der Waals surface area contributed by atoms with Gasteiger partial charge in [0, 0.05) is 11.6 Å². The molecule has 0 aliphatic carbocycles. The maximum atomic E-state index is 5.39. The van der Waals surface area contributed by atoms with Crippen LogP contribution in [0.5, 0.6) is 0 Å². The molecule has 13 heavy (non-hydrogen) atoms. The quantitative estimate of drug-likeness (QED) is 0.603. The Bertz CT molecular complexity index is 447. The lowest BCUT2D eigenvalue weighted by Crippen LogP contribution is -2.18. The lowest BCUT2D eigenvalue weighted by molar-refractivity contribution is 1.47. The fraction of sp³-hybridized carbons (Fsp3) is 0. The van der Waals surface area contributed by atoms with Crippen LogP contribution in [0.4, 0.5) is 5.69 Å². The molecule has 0 atom stereocenters. The zero-order valence-electron chi connectivity index (χ0n) is 6.87. The molecule has 0 saturated carbocycles. The molecule has 0 radical (unpaired) electrons. The van der Waals surface area contributed by atoms with Crippen LogP contribution < -0.4 is 11.1 Å². The van der Waals surface area contributed by atoms with Crippen molar-refractivity contribution < 1.29 is 0 Å². The van der Waals surface area contributed by atoms with Gasteiger partial charge in [0.05, 0.1) is 11.2 Å². The molecule has 0 spiro atoms. The largest absolute Gasteiger partial charge is 0.376 e. The maximum Gasteiger partial charge on any atom is 0.168 e. The monoisotopic (exact) mass is 191 g/mol. The molecule has 0 saturated heterocycles.